The first-order chi connectivity index (χ1) is 17.4. The topological polar surface area (TPSA) is 132 Å². The number of H-pyrrole nitrogens is 1. The number of benzene rings is 2. The van der Waals surface area contributed by atoms with E-state index in [1.807, 2.05) is 24.3 Å². The number of hydrogen-bond donors (Lipinski definition) is 3. The molecule has 0 atom stereocenters. The number of nitrogens with one attached hydrogen (secondary N) is 2. The lowest BCUT2D eigenvalue weighted by Crippen LogP contribution is -2.45. The Kier molecular flexibility index (Phi) is 5.04. The molecule has 1 fully saturated rings. The van der Waals surface area contributed by atoms with Gasteiger partial charge in [-0.05, 0) is 19.2 Å². The zero-order chi connectivity index (χ0) is 25.0. The number of nitrogens with zero attached hydrogens (tertiary/aromatic N) is 4. The van der Waals surface area contributed by atoms with E-state index < -0.39 is 17.8 Å². The van der Waals surface area contributed by atoms with Gasteiger partial charge in [-0.1, -0.05) is 30.3 Å². The number of piperazine rings is 1. The van der Waals surface area contributed by atoms with Gasteiger partial charge in [0.25, 0.3) is 11.8 Å². The second-order valence-electron chi connectivity index (χ2n) is 8.95. The van der Waals surface area contributed by atoms with Gasteiger partial charge < -0.3 is 19.9 Å². The molecule has 0 aliphatic carbocycles. The van der Waals surface area contributed by atoms with Gasteiger partial charge in [0, 0.05) is 48.7 Å². The number of carbonyl (C=O) groups is 3. The summed E-state index contributed by atoms with van der Waals surface area (Å²) in [4.78, 5) is 54.9. The van der Waals surface area contributed by atoms with Crippen LogP contribution in [0.1, 0.15) is 21.6 Å². The SMILES string of the molecule is CN1CCN(c2nc(C3=C(c4c[nH]c5c(C(=O)O)cccc45)C(=O)NC3=O)c3ccccc3n2)CC1. The van der Waals surface area contributed by atoms with Crippen LogP contribution in [0.25, 0.3) is 33.0 Å². The van der Waals surface area contributed by atoms with Crippen LogP contribution >= 0.6 is 0 Å². The average molecular weight is 483 g/mol. The highest BCUT2D eigenvalue weighted by Gasteiger charge is 2.36. The van der Waals surface area contributed by atoms with Crippen molar-refractivity contribution >= 4 is 56.7 Å². The van der Waals surface area contributed by atoms with Crippen molar-refractivity contribution in [2.45, 2.75) is 0 Å². The Hall–Kier alpha value is -4.57. The number of para-hydroxylation sites is 2. The summed E-state index contributed by atoms with van der Waals surface area (Å²) in [6.07, 6.45) is 1.56. The highest BCUT2D eigenvalue weighted by atomic mass is 16.4. The Morgan fingerprint density at radius 2 is 1.64 bits per heavy atom. The number of likely N-dealkylation sites (N-methyl/N-ethyl adjacent to an activating group) is 1. The normalized spacial score (nSPS) is 16.9. The van der Waals surface area contributed by atoms with Gasteiger partial charge >= 0.3 is 5.97 Å². The first-order valence-electron chi connectivity index (χ1n) is 11.6. The molecule has 4 heterocycles. The fourth-order valence-electron chi connectivity index (χ4n) is 4.88. The van der Waals surface area contributed by atoms with Crippen LogP contribution in [0.15, 0.2) is 48.7 Å². The van der Waals surface area contributed by atoms with Crippen LogP contribution in [0.5, 0.6) is 0 Å². The highest BCUT2D eigenvalue weighted by Crippen LogP contribution is 2.37. The number of carboxylic acids is 1. The third-order valence-corrected chi connectivity index (χ3v) is 6.76. The fourth-order valence-corrected chi connectivity index (χ4v) is 4.88. The first-order valence-corrected chi connectivity index (χ1v) is 11.6. The number of carbonyl (C=O) groups excluding carboxylic acids is 2. The third kappa shape index (κ3) is 3.42. The summed E-state index contributed by atoms with van der Waals surface area (Å²) in [7, 11) is 2.06. The summed E-state index contributed by atoms with van der Waals surface area (Å²) in [5, 5.41) is 13.2. The Labute approximate surface area is 205 Å². The molecule has 180 valence electrons. The second kappa shape index (κ2) is 8.28. The number of rotatable bonds is 4. The molecule has 0 bridgehead atoms. The van der Waals surface area contributed by atoms with E-state index in [1.165, 1.54) is 6.07 Å². The summed E-state index contributed by atoms with van der Waals surface area (Å²) in [6.45, 7) is 3.21. The molecule has 4 aromatic rings. The number of aromatic carboxylic acids is 1. The van der Waals surface area contributed by atoms with E-state index in [1.54, 1.807) is 18.3 Å². The summed E-state index contributed by atoms with van der Waals surface area (Å²) in [6, 6.07) is 12.2. The fraction of sp³-hybridized carbons (Fsp3) is 0.192. The van der Waals surface area contributed by atoms with Crippen molar-refractivity contribution in [3.63, 3.8) is 0 Å². The van der Waals surface area contributed by atoms with Crippen LogP contribution in [-0.2, 0) is 9.59 Å². The van der Waals surface area contributed by atoms with E-state index in [9.17, 15) is 19.5 Å². The summed E-state index contributed by atoms with van der Waals surface area (Å²) in [5.41, 5.74) is 2.24. The Morgan fingerprint density at radius 1 is 0.917 bits per heavy atom. The molecule has 6 rings (SSSR count). The quantitative estimate of drug-likeness (QED) is 0.377. The van der Waals surface area contributed by atoms with Gasteiger partial charge in [-0.3, -0.25) is 14.9 Å². The van der Waals surface area contributed by atoms with Gasteiger partial charge in [-0.15, -0.1) is 0 Å². The lowest BCUT2D eigenvalue weighted by Gasteiger charge is -2.32. The lowest BCUT2D eigenvalue weighted by atomic mass is 9.96. The number of carboxylic acid groups (broad SMARTS) is 1. The van der Waals surface area contributed by atoms with Gasteiger partial charge in [0.15, 0.2) is 0 Å². The molecule has 2 amide bonds. The molecular weight excluding hydrogens is 460 g/mol. The lowest BCUT2D eigenvalue weighted by molar-refractivity contribution is -0.122. The van der Waals surface area contributed by atoms with Crippen LogP contribution in [0, 0.1) is 0 Å². The van der Waals surface area contributed by atoms with Crippen molar-refractivity contribution < 1.29 is 19.5 Å². The molecule has 2 aliphatic heterocycles. The van der Waals surface area contributed by atoms with Crippen molar-refractivity contribution in [3.8, 4) is 0 Å². The minimum Gasteiger partial charge on any atom is -0.478 e. The number of aromatic amines is 1. The van der Waals surface area contributed by atoms with Gasteiger partial charge in [0.05, 0.1) is 33.4 Å². The number of hydrogen-bond acceptors (Lipinski definition) is 7. The van der Waals surface area contributed by atoms with E-state index in [0.29, 0.717) is 39.0 Å². The molecule has 0 saturated carbocycles. The van der Waals surface area contributed by atoms with Crippen molar-refractivity contribution in [2.75, 3.05) is 38.1 Å². The monoisotopic (exact) mass is 482 g/mol. The highest BCUT2D eigenvalue weighted by molar-refractivity contribution is 6.50. The minimum atomic E-state index is -1.09. The van der Waals surface area contributed by atoms with Gasteiger partial charge in [-0.25, -0.2) is 14.8 Å². The van der Waals surface area contributed by atoms with E-state index in [0.717, 1.165) is 26.2 Å². The van der Waals surface area contributed by atoms with Crippen LogP contribution < -0.4 is 10.2 Å². The van der Waals surface area contributed by atoms with Crippen LogP contribution in [-0.4, -0.2) is 76.0 Å². The number of amides is 2. The molecule has 2 aromatic heterocycles. The average Bonchev–Trinajstić information content (AvgIpc) is 3.42. The van der Waals surface area contributed by atoms with Crippen molar-refractivity contribution in [2.24, 2.45) is 0 Å². The summed E-state index contributed by atoms with van der Waals surface area (Å²) >= 11 is 0. The Balaban J connectivity index is 1.60. The molecule has 10 nitrogen and oxygen atoms in total. The molecule has 36 heavy (non-hydrogen) atoms. The van der Waals surface area contributed by atoms with E-state index >= 15 is 0 Å². The first kappa shape index (κ1) is 21.9. The molecule has 10 heteroatoms. The second-order valence-corrected chi connectivity index (χ2v) is 8.95. The predicted octanol–water partition coefficient (Wildman–Crippen LogP) is 2.13. The zero-order valence-corrected chi connectivity index (χ0v) is 19.4. The van der Waals surface area contributed by atoms with Gasteiger partial charge in [0.1, 0.15) is 0 Å². The summed E-state index contributed by atoms with van der Waals surface area (Å²) in [5.74, 6) is -1.69. The maximum Gasteiger partial charge on any atom is 0.337 e. The number of aromatic nitrogens is 3. The van der Waals surface area contributed by atoms with Gasteiger partial charge in [-0.2, -0.15) is 0 Å². The molecule has 2 aromatic carbocycles. The molecule has 0 spiro atoms. The van der Waals surface area contributed by atoms with Crippen LogP contribution in [0.3, 0.4) is 0 Å². The van der Waals surface area contributed by atoms with Crippen molar-refractivity contribution in [1.29, 1.82) is 0 Å². The van der Waals surface area contributed by atoms with Crippen molar-refractivity contribution in [1.82, 2.24) is 25.2 Å². The molecule has 1 saturated heterocycles. The summed E-state index contributed by atoms with van der Waals surface area (Å²) < 4.78 is 0. The largest absolute Gasteiger partial charge is 0.478 e. The number of fused-ring (bicyclic) bond motifs is 2. The van der Waals surface area contributed by atoms with E-state index in [2.05, 4.69) is 27.1 Å². The number of imide groups is 1. The third-order valence-electron chi connectivity index (χ3n) is 6.76. The molecule has 3 N–H and O–H groups in total. The predicted molar refractivity (Wildman–Crippen MR) is 134 cm³/mol. The standard InChI is InChI=1S/C26H22N6O4/c1-31-9-11-32(12-10-31)26-28-18-8-3-2-5-15(18)22(29-26)20-19(23(33)30-24(20)34)17-13-27-21-14(17)6-4-7-16(21)25(35)36/h2-8,13,27H,9-12H2,1H3,(H,35,36)(H,30,33,34). The van der Waals surface area contributed by atoms with Gasteiger partial charge in [0.2, 0.25) is 5.95 Å². The Morgan fingerprint density at radius 3 is 2.42 bits per heavy atom. The number of anilines is 1. The zero-order valence-electron chi connectivity index (χ0n) is 19.4. The van der Waals surface area contributed by atoms with E-state index in [-0.39, 0.29) is 16.7 Å². The Bertz CT molecular complexity index is 1610. The molecule has 2 aliphatic rings. The van der Waals surface area contributed by atoms with E-state index in [4.69, 9.17) is 9.97 Å². The van der Waals surface area contributed by atoms with Crippen molar-refractivity contribution in [3.05, 3.63) is 65.5 Å². The molecule has 0 unspecified atom stereocenters. The molecular formula is C26H22N6O4. The maximum atomic E-state index is 13.2. The van der Waals surface area contributed by atoms with Crippen LogP contribution in [0.2, 0.25) is 0 Å². The molecule has 0 radical (unpaired) electrons. The van der Waals surface area contributed by atoms with Crippen LogP contribution in [0.4, 0.5) is 5.95 Å². The minimum absolute atomic E-state index is 0.0791. The smallest absolute Gasteiger partial charge is 0.337 e. The maximum absolute atomic E-state index is 13.2.